The van der Waals surface area contributed by atoms with Gasteiger partial charge in [-0.05, 0) is 43.9 Å². The standard InChI is InChI=1S/C15H20Cl2N2O.ClH/c1-9(13-6-4-11(16)8-14(13)17)19(2)15(20)10-3-5-12(18)7-10;/h4,6,8-10,12H,3,5,7,18H2,1-2H3;1H. The van der Waals surface area contributed by atoms with Crippen molar-refractivity contribution in [3.05, 3.63) is 33.8 Å². The van der Waals surface area contributed by atoms with Gasteiger partial charge in [0.1, 0.15) is 0 Å². The Hall–Kier alpha value is -0.480. The third kappa shape index (κ3) is 4.26. The molecule has 0 saturated heterocycles. The van der Waals surface area contributed by atoms with Crippen molar-refractivity contribution in [2.75, 3.05) is 7.05 Å². The van der Waals surface area contributed by atoms with Gasteiger partial charge in [-0.15, -0.1) is 12.4 Å². The van der Waals surface area contributed by atoms with Gasteiger partial charge in [0.2, 0.25) is 5.91 Å². The lowest BCUT2D eigenvalue weighted by atomic mass is 10.0. The van der Waals surface area contributed by atoms with Crippen LogP contribution < -0.4 is 5.73 Å². The van der Waals surface area contributed by atoms with Crippen molar-refractivity contribution < 1.29 is 4.79 Å². The Bertz CT molecular complexity index is 510. The zero-order valence-electron chi connectivity index (χ0n) is 12.2. The molecular formula is C15H21Cl3N2O. The van der Waals surface area contributed by atoms with Gasteiger partial charge in [-0.3, -0.25) is 4.79 Å². The summed E-state index contributed by atoms with van der Waals surface area (Å²) < 4.78 is 0. The van der Waals surface area contributed by atoms with Gasteiger partial charge in [0.25, 0.3) is 0 Å². The first-order valence-corrected chi connectivity index (χ1v) is 7.63. The quantitative estimate of drug-likeness (QED) is 0.892. The molecule has 0 bridgehead atoms. The molecule has 118 valence electrons. The Kier molecular flexibility index (Phi) is 6.79. The summed E-state index contributed by atoms with van der Waals surface area (Å²) in [6.07, 6.45) is 2.59. The molecule has 3 nitrogen and oxygen atoms in total. The average molecular weight is 352 g/mol. The fourth-order valence-corrected chi connectivity index (χ4v) is 3.33. The molecular weight excluding hydrogens is 331 g/mol. The van der Waals surface area contributed by atoms with E-state index in [-0.39, 0.29) is 36.3 Å². The lowest BCUT2D eigenvalue weighted by molar-refractivity contribution is -0.136. The van der Waals surface area contributed by atoms with Gasteiger partial charge in [0.05, 0.1) is 6.04 Å². The Balaban J connectivity index is 0.00000220. The number of rotatable bonds is 3. The largest absolute Gasteiger partial charge is 0.339 e. The van der Waals surface area contributed by atoms with Crippen molar-refractivity contribution in [3.63, 3.8) is 0 Å². The first kappa shape index (κ1) is 18.6. The third-order valence-corrected chi connectivity index (χ3v) is 4.73. The highest BCUT2D eigenvalue weighted by molar-refractivity contribution is 6.35. The predicted octanol–water partition coefficient (Wildman–Crippen LogP) is 4.06. The Morgan fingerprint density at radius 2 is 2.05 bits per heavy atom. The third-order valence-electron chi connectivity index (χ3n) is 4.16. The van der Waals surface area contributed by atoms with Crippen molar-refractivity contribution in [1.29, 1.82) is 0 Å². The summed E-state index contributed by atoms with van der Waals surface area (Å²) in [7, 11) is 1.82. The van der Waals surface area contributed by atoms with E-state index in [0.717, 1.165) is 24.8 Å². The molecule has 1 saturated carbocycles. The monoisotopic (exact) mass is 350 g/mol. The van der Waals surface area contributed by atoms with Gasteiger partial charge in [0.15, 0.2) is 0 Å². The van der Waals surface area contributed by atoms with Crippen LogP contribution in [-0.4, -0.2) is 23.9 Å². The zero-order chi connectivity index (χ0) is 14.9. The maximum absolute atomic E-state index is 12.5. The van der Waals surface area contributed by atoms with Crippen LogP contribution in [0.4, 0.5) is 0 Å². The van der Waals surface area contributed by atoms with Crippen LogP contribution in [0.3, 0.4) is 0 Å². The second-order valence-electron chi connectivity index (χ2n) is 5.56. The van der Waals surface area contributed by atoms with Crippen LogP contribution >= 0.6 is 35.6 Å². The molecule has 1 aliphatic carbocycles. The first-order chi connectivity index (χ1) is 9.40. The number of nitrogens with zero attached hydrogens (tertiary/aromatic N) is 1. The Labute approximate surface area is 142 Å². The second-order valence-corrected chi connectivity index (χ2v) is 6.40. The molecule has 3 atom stereocenters. The van der Waals surface area contributed by atoms with E-state index in [0.29, 0.717) is 10.0 Å². The van der Waals surface area contributed by atoms with E-state index >= 15 is 0 Å². The lowest BCUT2D eigenvalue weighted by Crippen LogP contribution is -2.34. The second kappa shape index (κ2) is 7.68. The van der Waals surface area contributed by atoms with Gasteiger partial charge in [-0.1, -0.05) is 29.3 Å². The maximum atomic E-state index is 12.5. The van der Waals surface area contributed by atoms with Crippen molar-refractivity contribution in [2.24, 2.45) is 11.7 Å². The van der Waals surface area contributed by atoms with Gasteiger partial charge < -0.3 is 10.6 Å². The van der Waals surface area contributed by atoms with E-state index in [1.165, 1.54) is 0 Å². The SMILES string of the molecule is CC(c1ccc(Cl)cc1Cl)N(C)C(=O)C1CCC(N)C1.Cl. The Morgan fingerprint density at radius 1 is 1.38 bits per heavy atom. The number of benzene rings is 1. The fourth-order valence-electron chi connectivity index (χ4n) is 2.77. The number of hydrogen-bond donors (Lipinski definition) is 1. The molecule has 1 aromatic rings. The van der Waals surface area contributed by atoms with Gasteiger partial charge in [0, 0.05) is 29.1 Å². The molecule has 1 aromatic carbocycles. The summed E-state index contributed by atoms with van der Waals surface area (Å²) in [4.78, 5) is 14.2. The van der Waals surface area contributed by atoms with Crippen LogP contribution in [0, 0.1) is 5.92 Å². The summed E-state index contributed by atoms with van der Waals surface area (Å²) in [5.41, 5.74) is 6.80. The fraction of sp³-hybridized carbons (Fsp3) is 0.533. The molecule has 1 aliphatic rings. The van der Waals surface area contributed by atoms with Crippen LogP contribution in [0.25, 0.3) is 0 Å². The predicted molar refractivity (Wildman–Crippen MR) is 90.2 cm³/mol. The molecule has 0 aliphatic heterocycles. The van der Waals surface area contributed by atoms with E-state index in [9.17, 15) is 4.79 Å². The number of hydrogen-bond acceptors (Lipinski definition) is 2. The zero-order valence-corrected chi connectivity index (χ0v) is 14.5. The van der Waals surface area contributed by atoms with E-state index < -0.39 is 0 Å². The van der Waals surface area contributed by atoms with Crippen LogP contribution in [0.15, 0.2) is 18.2 Å². The van der Waals surface area contributed by atoms with Gasteiger partial charge >= 0.3 is 0 Å². The molecule has 21 heavy (non-hydrogen) atoms. The van der Waals surface area contributed by atoms with E-state index in [1.54, 1.807) is 17.0 Å². The van der Waals surface area contributed by atoms with E-state index in [2.05, 4.69) is 0 Å². The minimum absolute atomic E-state index is 0. The molecule has 1 fully saturated rings. The highest BCUT2D eigenvalue weighted by Gasteiger charge is 2.31. The summed E-state index contributed by atoms with van der Waals surface area (Å²) in [5, 5.41) is 1.19. The van der Waals surface area contributed by atoms with Crippen LogP contribution in [0.2, 0.25) is 10.0 Å². The number of nitrogens with two attached hydrogens (primary N) is 1. The van der Waals surface area contributed by atoms with Crippen LogP contribution in [0.5, 0.6) is 0 Å². The summed E-state index contributed by atoms with van der Waals surface area (Å²) in [6, 6.07) is 5.46. The number of halogens is 3. The van der Waals surface area contributed by atoms with Crippen molar-refractivity contribution >= 4 is 41.5 Å². The number of carbonyl (C=O) groups is 1. The van der Waals surface area contributed by atoms with E-state index in [4.69, 9.17) is 28.9 Å². The smallest absolute Gasteiger partial charge is 0.225 e. The molecule has 0 radical (unpaired) electrons. The van der Waals surface area contributed by atoms with Crippen molar-refractivity contribution in [3.8, 4) is 0 Å². The van der Waals surface area contributed by atoms with Gasteiger partial charge in [-0.25, -0.2) is 0 Å². The van der Waals surface area contributed by atoms with Gasteiger partial charge in [-0.2, -0.15) is 0 Å². The highest BCUT2D eigenvalue weighted by atomic mass is 35.5. The molecule has 0 aromatic heterocycles. The van der Waals surface area contributed by atoms with Crippen molar-refractivity contribution in [2.45, 2.75) is 38.3 Å². The maximum Gasteiger partial charge on any atom is 0.225 e. The van der Waals surface area contributed by atoms with Crippen LogP contribution in [0.1, 0.15) is 37.8 Å². The lowest BCUT2D eigenvalue weighted by Gasteiger charge is -2.28. The molecule has 0 heterocycles. The first-order valence-electron chi connectivity index (χ1n) is 6.87. The average Bonchev–Trinajstić information content (AvgIpc) is 2.83. The highest BCUT2D eigenvalue weighted by Crippen LogP contribution is 2.32. The molecule has 0 spiro atoms. The summed E-state index contributed by atoms with van der Waals surface area (Å²) >= 11 is 12.1. The summed E-state index contributed by atoms with van der Waals surface area (Å²) in [5.74, 6) is 0.194. The molecule has 2 N–H and O–H groups in total. The minimum Gasteiger partial charge on any atom is -0.339 e. The number of amides is 1. The van der Waals surface area contributed by atoms with Crippen molar-refractivity contribution in [1.82, 2.24) is 4.90 Å². The Morgan fingerprint density at radius 3 is 2.57 bits per heavy atom. The molecule has 3 unspecified atom stereocenters. The normalized spacial score (nSPS) is 22.5. The molecule has 1 amide bonds. The van der Waals surface area contributed by atoms with E-state index in [1.807, 2.05) is 20.0 Å². The minimum atomic E-state index is -0.0795. The van der Waals surface area contributed by atoms with Crippen LogP contribution in [-0.2, 0) is 4.79 Å². The topological polar surface area (TPSA) is 46.3 Å². The molecule has 2 rings (SSSR count). The molecule has 6 heteroatoms. The summed E-state index contributed by atoms with van der Waals surface area (Å²) in [6.45, 7) is 1.97. The number of carbonyl (C=O) groups excluding carboxylic acids is 1.